The fraction of sp³-hybridized carbons (Fsp3) is 1.00. The standard InChI is InChI=1S/C12H22/c1-9(7-11-5-4-6-11)12(3)8-10(12)2/h9-11H,4-8H2,1-3H3. The Labute approximate surface area is 76.7 Å². The van der Waals surface area contributed by atoms with Crippen LogP contribution in [0.2, 0.25) is 0 Å². The van der Waals surface area contributed by atoms with Crippen LogP contribution in [0.25, 0.3) is 0 Å². The van der Waals surface area contributed by atoms with E-state index in [0.29, 0.717) is 0 Å². The van der Waals surface area contributed by atoms with Crippen molar-refractivity contribution in [2.45, 2.75) is 52.9 Å². The molecule has 0 nitrogen and oxygen atoms in total. The van der Waals surface area contributed by atoms with Gasteiger partial charge in [0.25, 0.3) is 0 Å². The van der Waals surface area contributed by atoms with E-state index in [4.69, 9.17) is 0 Å². The minimum absolute atomic E-state index is 0.732. The summed E-state index contributed by atoms with van der Waals surface area (Å²) < 4.78 is 0. The van der Waals surface area contributed by atoms with Crippen molar-refractivity contribution in [2.24, 2.45) is 23.2 Å². The maximum Gasteiger partial charge on any atom is -0.0271 e. The highest BCUT2D eigenvalue weighted by Crippen LogP contribution is 2.59. The zero-order valence-corrected chi connectivity index (χ0v) is 8.77. The lowest BCUT2D eigenvalue weighted by molar-refractivity contribution is 0.204. The molecule has 3 atom stereocenters. The summed E-state index contributed by atoms with van der Waals surface area (Å²) in [7, 11) is 0. The molecule has 70 valence electrons. The lowest BCUT2D eigenvalue weighted by atomic mass is 9.75. The second kappa shape index (κ2) is 2.75. The van der Waals surface area contributed by atoms with Crippen LogP contribution in [0.5, 0.6) is 0 Å². The van der Waals surface area contributed by atoms with Crippen LogP contribution in [-0.4, -0.2) is 0 Å². The van der Waals surface area contributed by atoms with E-state index in [-0.39, 0.29) is 0 Å². The molecule has 0 bridgehead atoms. The molecule has 0 N–H and O–H groups in total. The van der Waals surface area contributed by atoms with Gasteiger partial charge >= 0.3 is 0 Å². The molecular formula is C12H22. The predicted molar refractivity (Wildman–Crippen MR) is 53.0 cm³/mol. The van der Waals surface area contributed by atoms with Crippen molar-refractivity contribution >= 4 is 0 Å². The first-order valence-electron chi connectivity index (χ1n) is 5.63. The maximum absolute atomic E-state index is 2.49. The Balaban J connectivity index is 1.80. The smallest absolute Gasteiger partial charge is 0.0271 e. The molecule has 0 radical (unpaired) electrons. The molecular weight excluding hydrogens is 144 g/mol. The number of hydrogen-bond donors (Lipinski definition) is 0. The van der Waals surface area contributed by atoms with E-state index in [9.17, 15) is 0 Å². The van der Waals surface area contributed by atoms with Crippen LogP contribution in [0, 0.1) is 23.2 Å². The van der Waals surface area contributed by atoms with Gasteiger partial charge in [-0.2, -0.15) is 0 Å². The summed E-state index contributed by atoms with van der Waals surface area (Å²) in [4.78, 5) is 0. The zero-order valence-electron chi connectivity index (χ0n) is 8.77. The van der Waals surface area contributed by atoms with Gasteiger partial charge in [-0.05, 0) is 36.0 Å². The maximum atomic E-state index is 2.49. The number of rotatable bonds is 3. The van der Waals surface area contributed by atoms with Crippen LogP contribution < -0.4 is 0 Å². The first-order chi connectivity index (χ1) is 5.63. The van der Waals surface area contributed by atoms with Crippen molar-refractivity contribution in [2.75, 3.05) is 0 Å². The van der Waals surface area contributed by atoms with Crippen molar-refractivity contribution in [1.82, 2.24) is 0 Å². The molecule has 0 amide bonds. The molecule has 0 spiro atoms. The highest BCUT2D eigenvalue weighted by atomic mass is 14.5. The molecule has 0 heterocycles. The molecule has 0 aromatic rings. The summed E-state index contributed by atoms with van der Waals surface area (Å²) in [5, 5.41) is 0. The Kier molecular flexibility index (Phi) is 1.97. The van der Waals surface area contributed by atoms with Gasteiger partial charge < -0.3 is 0 Å². The van der Waals surface area contributed by atoms with Gasteiger partial charge in [0.2, 0.25) is 0 Å². The van der Waals surface area contributed by atoms with Gasteiger partial charge in [-0.15, -0.1) is 0 Å². The van der Waals surface area contributed by atoms with E-state index in [1.54, 1.807) is 0 Å². The highest BCUT2D eigenvalue weighted by molar-refractivity contribution is 4.99. The molecule has 2 aliphatic carbocycles. The quantitative estimate of drug-likeness (QED) is 0.597. The molecule has 12 heavy (non-hydrogen) atoms. The molecule has 2 fully saturated rings. The van der Waals surface area contributed by atoms with Gasteiger partial charge in [0.05, 0.1) is 0 Å². The topological polar surface area (TPSA) is 0 Å². The molecule has 2 saturated carbocycles. The summed E-state index contributed by atoms with van der Waals surface area (Å²) in [5.74, 6) is 3.09. The van der Waals surface area contributed by atoms with E-state index in [1.807, 2.05) is 0 Å². The van der Waals surface area contributed by atoms with Gasteiger partial charge in [0.1, 0.15) is 0 Å². The Morgan fingerprint density at radius 3 is 2.33 bits per heavy atom. The third-order valence-electron chi connectivity index (χ3n) is 4.75. The molecule has 0 aromatic heterocycles. The van der Waals surface area contributed by atoms with Gasteiger partial charge in [0.15, 0.2) is 0 Å². The Morgan fingerprint density at radius 2 is 2.00 bits per heavy atom. The average molecular weight is 166 g/mol. The largest absolute Gasteiger partial charge is 0.0620 e. The fourth-order valence-electron chi connectivity index (χ4n) is 2.79. The summed E-state index contributed by atoms with van der Waals surface area (Å²) in [6.07, 6.45) is 7.55. The lowest BCUT2D eigenvalue weighted by Crippen LogP contribution is -2.20. The van der Waals surface area contributed by atoms with Crippen LogP contribution in [0.3, 0.4) is 0 Å². The van der Waals surface area contributed by atoms with Crippen LogP contribution in [-0.2, 0) is 0 Å². The Hall–Kier alpha value is 0. The van der Waals surface area contributed by atoms with Crippen molar-refractivity contribution in [1.29, 1.82) is 0 Å². The summed E-state index contributed by atoms with van der Waals surface area (Å²) in [6.45, 7) is 7.38. The van der Waals surface area contributed by atoms with Crippen molar-refractivity contribution in [3.8, 4) is 0 Å². The van der Waals surface area contributed by atoms with Crippen molar-refractivity contribution in [3.63, 3.8) is 0 Å². The first kappa shape index (κ1) is 8.59. The normalized spacial score (nSPS) is 43.8. The zero-order chi connectivity index (χ0) is 8.77. The Morgan fingerprint density at radius 1 is 1.42 bits per heavy atom. The van der Waals surface area contributed by atoms with Gasteiger partial charge in [0, 0.05) is 0 Å². The van der Waals surface area contributed by atoms with Crippen molar-refractivity contribution in [3.05, 3.63) is 0 Å². The van der Waals surface area contributed by atoms with E-state index in [1.165, 1.54) is 32.1 Å². The van der Waals surface area contributed by atoms with Gasteiger partial charge in [-0.25, -0.2) is 0 Å². The molecule has 2 aliphatic rings. The minimum atomic E-state index is 0.732. The summed E-state index contributed by atoms with van der Waals surface area (Å²) in [6, 6.07) is 0. The van der Waals surface area contributed by atoms with Gasteiger partial charge in [-0.1, -0.05) is 40.0 Å². The highest BCUT2D eigenvalue weighted by Gasteiger charge is 2.50. The van der Waals surface area contributed by atoms with Crippen LogP contribution >= 0.6 is 0 Å². The number of hydrogen-bond acceptors (Lipinski definition) is 0. The van der Waals surface area contributed by atoms with Crippen LogP contribution in [0.1, 0.15) is 52.9 Å². The van der Waals surface area contributed by atoms with E-state index in [2.05, 4.69) is 20.8 Å². The molecule has 0 heteroatoms. The summed E-state index contributed by atoms with van der Waals surface area (Å²) in [5.41, 5.74) is 0.732. The lowest BCUT2D eigenvalue weighted by Gasteiger charge is -2.31. The second-order valence-electron chi connectivity index (χ2n) is 5.54. The van der Waals surface area contributed by atoms with Crippen LogP contribution in [0.4, 0.5) is 0 Å². The molecule has 0 aromatic carbocycles. The Bertz CT molecular complexity index is 169. The monoisotopic (exact) mass is 166 g/mol. The van der Waals surface area contributed by atoms with E-state index in [0.717, 1.165) is 23.2 Å². The minimum Gasteiger partial charge on any atom is -0.0620 e. The van der Waals surface area contributed by atoms with E-state index >= 15 is 0 Å². The van der Waals surface area contributed by atoms with Crippen molar-refractivity contribution < 1.29 is 0 Å². The fourth-order valence-corrected chi connectivity index (χ4v) is 2.79. The molecule has 0 aliphatic heterocycles. The van der Waals surface area contributed by atoms with Crippen LogP contribution in [0.15, 0.2) is 0 Å². The molecule has 2 rings (SSSR count). The molecule has 3 unspecified atom stereocenters. The van der Waals surface area contributed by atoms with Gasteiger partial charge in [-0.3, -0.25) is 0 Å². The predicted octanol–water partition coefficient (Wildman–Crippen LogP) is 3.86. The second-order valence-corrected chi connectivity index (χ2v) is 5.54. The molecule has 0 saturated heterocycles. The SMILES string of the molecule is CC(CC1CCC1)C1(C)CC1C. The third kappa shape index (κ3) is 1.30. The third-order valence-corrected chi connectivity index (χ3v) is 4.75. The van der Waals surface area contributed by atoms with E-state index < -0.39 is 0 Å². The first-order valence-corrected chi connectivity index (χ1v) is 5.63. The summed E-state index contributed by atoms with van der Waals surface area (Å²) >= 11 is 0. The average Bonchev–Trinajstić information content (AvgIpc) is 2.52.